The minimum absolute atomic E-state index is 0.312. The van der Waals surface area contributed by atoms with Crippen LogP contribution in [-0.2, 0) is 0 Å². The van der Waals surface area contributed by atoms with Crippen molar-refractivity contribution in [2.75, 3.05) is 28.2 Å². The summed E-state index contributed by atoms with van der Waals surface area (Å²) in [5.74, 6) is 0. The second-order valence-electron chi connectivity index (χ2n) is 4.67. The molecule has 0 aliphatic carbocycles. The molecular weight excluding hydrogens is 135 g/mol. The first kappa shape index (κ1) is 11.0. The second kappa shape index (κ2) is 3.59. The summed E-state index contributed by atoms with van der Waals surface area (Å²) in [5, 5.41) is 0.312. The molecule has 0 rings (SSSR count). The Labute approximate surface area is 71.7 Å². The van der Waals surface area contributed by atoms with E-state index in [1.54, 1.807) is 0 Å². The zero-order chi connectivity index (χ0) is 9.23. The van der Waals surface area contributed by atoms with E-state index < -0.39 is 0 Å². The number of rotatable bonds is 2. The van der Waals surface area contributed by atoms with Crippen LogP contribution in [0.1, 0.15) is 20.8 Å². The van der Waals surface area contributed by atoms with Gasteiger partial charge in [-0.2, -0.15) is 0 Å². The Hall–Kier alpha value is -0.0151. The second-order valence-corrected chi connectivity index (χ2v) is 4.67. The van der Waals surface area contributed by atoms with Crippen molar-refractivity contribution in [1.29, 1.82) is 0 Å². The standard InChI is InChI=1S/C8H21BN2/c1-8(2,3)9(10(4)5)11(6)7/h1-7H3. The van der Waals surface area contributed by atoms with Crippen LogP contribution < -0.4 is 0 Å². The van der Waals surface area contributed by atoms with Gasteiger partial charge in [-0.15, -0.1) is 0 Å². The lowest BCUT2D eigenvalue weighted by molar-refractivity contribution is 0.464. The molecule has 0 saturated carbocycles. The predicted molar refractivity (Wildman–Crippen MR) is 52.8 cm³/mol. The molecule has 0 aromatic heterocycles. The lowest BCUT2D eigenvalue weighted by atomic mass is 9.51. The molecule has 11 heavy (non-hydrogen) atoms. The Balaban J connectivity index is 4.35. The van der Waals surface area contributed by atoms with Crippen LogP contribution in [0.5, 0.6) is 0 Å². The summed E-state index contributed by atoms with van der Waals surface area (Å²) in [7, 11) is 8.48. The van der Waals surface area contributed by atoms with Gasteiger partial charge >= 0.3 is 6.98 Å². The van der Waals surface area contributed by atoms with Crippen molar-refractivity contribution < 1.29 is 0 Å². The van der Waals surface area contributed by atoms with E-state index in [-0.39, 0.29) is 0 Å². The molecule has 0 fully saturated rings. The Morgan fingerprint density at radius 3 is 1.09 bits per heavy atom. The summed E-state index contributed by atoms with van der Waals surface area (Å²) in [6.45, 7) is 7.29. The number of nitrogens with zero attached hydrogens (tertiary/aromatic N) is 2. The Morgan fingerprint density at radius 1 is 0.818 bits per heavy atom. The maximum atomic E-state index is 2.26. The highest BCUT2D eigenvalue weighted by Gasteiger charge is 2.33. The van der Waals surface area contributed by atoms with Crippen molar-refractivity contribution in [3.05, 3.63) is 0 Å². The summed E-state index contributed by atoms with van der Waals surface area (Å²) < 4.78 is 0. The van der Waals surface area contributed by atoms with E-state index in [2.05, 4.69) is 58.6 Å². The van der Waals surface area contributed by atoms with Gasteiger partial charge in [-0.3, -0.25) is 0 Å². The molecule has 0 aliphatic rings. The van der Waals surface area contributed by atoms with Gasteiger partial charge < -0.3 is 9.62 Å². The SMILES string of the molecule is CN(C)B(N(C)C)C(C)(C)C. The van der Waals surface area contributed by atoms with E-state index in [1.165, 1.54) is 0 Å². The van der Waals surface area contributed by atoms with Gasteiger partial charge in [0, 0.05) is 0 Å². The van der Waals surface area contributed by atoms with E-state index in [9.17, 15) is 0 Å². The van der Waals surface area contributed by atoms with Crippen LogP contribution in [0.25, 0.3) is 0 Å². The molecule has 3 heteroatoms. The summed E-state index contributed by atoms with van der Waals surface area (Å²) >= 11 is 0. The summed E-state index contributed by atoms with van der Waals surface area (Å²) in [6, 6.07) is 0. The Kier molecular flexibility index (Phi) is 3.58. The molecule has 0 unspecified atom stereocenters. The number of hydrogen-bond acceptors (Lipinski definition) is 2. The van der Waals surface area contributed by atoms with Gasteiger partial charge in [0.2, 0.25) is 0 Å². The van der Waals surface area contributed by atoms with E-state index in [4.69, 9.17) is 0 Å². The van der Waals surface area contributed by atoms with Crippen molar-refractivity contribution in [2.45, 2.75) is 26.1 Å². The maximum Gasteiger partial charge on any atom is 0.315 e. The summed E-state index contributed by atoms with van der Waals surface area (Å²) in [4.78, 5) is 4.50. The molecule has 0 spiro atoms. The highest BCUT2D eigenvalue weighted by atomic mass is 15.2. The van der Waals surface area contributed by atoms with Crippen molar-refractivity contribution in [3.63, 3.8) is 0 Å². The monoisotopic (exact) mass is 156 g/mol. The minimum atomic E-state index is 0.312. The summed E-state index contributed by atoms with van der Waals surface area (Å²) in [6.07, 6.45) is 0. The van der Waals surface area contributed by atoms with Crippen LogP contribution in [-0.4, -0.2) is 44.8 Å². The molecule has 0 aromatic rings. The average Bonchev–Trinajstić information content (AvgIpc) is 1.54. The van der Waals surface area contributed by atoms with Crippen molar-refractivity contribution in [3.8, 4) is 0 Å². The molecule has 0 saturated heterocycles. The zero-order valence-corrected chi connectivity index (χ0v) is 8.97. The third-order valence-electron chi connectivity index (χ3n) is 1.75. The fraction of sp³-hybridized carbons (Fsp3) is 1.00. The third kappa shape index (κ3) is 3.26. The first-order chi connectivity index (χ1) is 4.76. The third-order valence-corrected chi connectivity index (χ3v) is 1.75. The molecule has 2 nitrogen and oxygen atoms in total. The largest absolute Gasteiger partial charge is 0.333 e. The van der Waals surface area contributed by atoms with Gasteiger partial charge in [0.25, 0.3) is 0 Å². The first-order valence-corrected chi connectivity index (χ1v) is 4.09. The van der Waals surface area contributed by atoms with Crippen LogP contribution in [0, 0.1) is 0 Å². The molecule has 0 bridgehead atoms. The van der Waals surface area contributed by atoms with Crippen LogP contribution in [0.3, 0.4) is 0 Å². The van der Waals surface area contributed by atoms with Gasteiger partial charge in [0.05, 0.1) is 0 Å². The normalized spacial score (nSPS) is 12.8. The van der Waals surface area contributed by atoms with Crippen molar-refractivity contribution in [2.24, 2.45) is 0 Å². The fourth-order valence-corrected chi connectivity index (χ4v) is 2.01. The molecule has 0 N–H and O–H groups in total. The molecule has 0 aliphatic heterocycles. The quantitative estimate of drug-likeness (QED) is 0.557. The topological polar surface area (TPSA) is 6.48 Å². The molecule has 0 radical (unpaired) electrons. The van der Waals surface area contributed by atoms with Gasteiger partial charge in [-0.25, -0.2) is 0 Å². The molecule has 0 atom stereocenters. The minimum Gasteiger partial charge on any atom is -0.333 e. The molecular formula is C8H21BN2. The predicted octanol–water partition coefficient (Wildman–Crippen LogP) is 1.40. The van der Waals surface area contributed by atoms with E-state index >= 15 is 0 Å². The van der Waals surface area contributed by atoms with Crippen molar-refractivity contribution >= 4 is 6.98 Å². The van der Waals surface area contributed by atoms with E-state index in [1.807, 2.05) is 0 Å². The number of hydrogen-bond donors (Lipinski definition) is 0. The molecule has 0 heterocycles. The Morgan fingerprint density at radius 2 is 1.09 bits per heavy atom. The molecule has 0 amide bonds. The van der Waals surface area contributed by atoms with Gasteiger partial charge in [0.15, 0.2) is 0 Å². The van der Waals surface area contributed by atoms with Gasteiger partial charge in [-0.1, -0.05) is 20.8 Å². The van der Waals surface area contributed by atoms with Crippen LogP contribution in [0.2, 0.25) is 5.31 Å². The highest BCUT2D eigenvalue weighted by Crippen LogP contribution is 2.28. The van der Waals surface area contributed by atoms with Gasteiger partial charge in [0.1, 0.15) is 0 Å². The highest BCUT2D eigenvalue weighted by molar-refractivity contribution is 6.55. The molecule has 66 valence electrons. The van der Waals surface area contributed by atoms with Crippen molar-refractivity contribution in [1.82, 2.24) is 9.62 Å². The molecule has 0 aromatic carbocycles. The first-order valence-electron chi connectivity index (χ1n) is 4.09. The lowest BCUT2D eigenvalue weighted by Crippen LogP contribution is -2.51. The summed E-state index contributed by atoms with van der Waals surface area (Å²) in [5.41, 5.74) is 0. The van der Waals surface area contributed by atoms with Crippen LogP contribution >= 0.6 is 0 Å². The smallest absolute Gasteiger partial charge is 0.315 e. The average molecular weight is 156 g/mol. The van der Waals surface area contributed by atoms with Crippen LogP contribution in [0.15, 0.2) is 0 Å². The van der Waals surface area contributed by atoms with Gasteiger partial charge in [-0.05, 0) is 33.5 Å². The maximum absolute atomic E-state index is 2.26. The van der Waals surface area contributed by atoms with E-state index in [0.717, 1.165) is 0 Å². The Bertz CT molecular complexity index is 108. The zero-order valence-electron chi connectivity index (χ0n) is 8.97. The lowest BCUT2D eigenvalue weighted by Gasteiger charge is -2.36. The van der Waals surface area contributed by atoms with Crippen LogP contribution in [0.4, 0.5) is 0 Å². The van der Waals surface area contributed by atoms with E-state index in [0.29, 0.717) is 12.3 Å². The fourth-order valence-electron chi connectivity index (χ4n) is 2.01.